The van der Waals surface area contributed by atoms with Crippen molar-refractivity contribution in [1.29, 1.82) is 0 Å². The molecule has 0 spiro atoms. The predicted octanol–water partition coefficient (Wildman–Crippen LogP) is 2.97. The third-order valence-corrected chi connectivity index (χ3v) is 7.19. The van der Waals surface area contributed by atoms with Crippen LogP contribution in [0.15, 0.2) is 29.2 Å². The van der Waals surface area contributed by atoms with Crippen molar-refractivity contribution in [2.45, 2.75) is 43.9 Å². The van der Waals surface area contributed by atoms with Gasteiger partial charge in [-0.1, -0.05) is 37.0 Å². The van der Waals surface area contributed by atoms with Gasteiger partial charge in [-0.2, -0.15) is 0 Å². The molecule has 0 saturated heterocycles. The maximum atomic E-state index is 12.1. The Hall–Kier alpha value is -0.560. The molecule has 0 bridgehead atoms. The Morgan fingerprint density at radius 2 is 1.59 bits per heavy atom. The van der Waals surface area contributed by atoms with Gasteiger partial charge in [0.05, 0.1) is 4.90 Å². The summed E-state index contributed by atoms with van der Waals surface area (Å²) in [4.78, 5) is 0.372. The SMILES string of the molecule is Cc1ccc(S(=O)(=O)SCCCCCCC(CO)CO)cc1. The lowest BCUT2D eigenvalue weighted by Crippen LogP contribution is -2.10. The summed E-state index contributed by atoms with van der Waals surface area (Å²) in [7, 11) is -2.24. The number of unbranched alkanes of at least 4 members (excludes halogenated alkanes) is 3. The first kappa shape index (κ1) is 19.5. The molecule has 0 atom stereocenters. The predicted molar refractivity (Wildman–Crippen MR) is 91.6 cm³/mol. The average Bonchev–Trinajstić information content (AvgIpc) is 2.50. The first-order valence-corrected chi connectivity index (χ1v) is 10.7. The first-order chi connectivity index (χ1) is 10.5. The van der Waals surface area contributed by atoms with Crippen LogP contribution in [0.1, 0.15) is 37.7 Å². The van der Waals surface area contributed by atoms with E-state index in [2.05, 4.69) is 0 Å². The number of aryl methyl sites for hydroxylation is 1. The highest BCUT2D eigenvalue weighted by molar-refractivity contribution is 8.72. The van der Waals surface area contributed by atoms with E-state index in [1.165, 1.54) is 0 Å². The van der Waals surface area contributed by atoms with Crippen LogP contribution in [0.5, 0.6) is 0 Å². The topological polar surface area (TPSA) is 74.6 Å². The molecule has 6 heteroatoms. The summed E-state index contributed by atoms with van der Waals surface area (Å²) in [5.41, 5.74) is 1.05. The van der Waals surface area contributed by atoms with Gasteiger partial charge in [0, 0.05) is 24.9 Å². The van der Waals surface area contributed by atoms with Crippen LogP contribution < -0.4 is 0 Å². The van der Waals surface area contributed by atoms with Crippen LogP contribution in [0.25, 0.3) is 0 Å². The number of aliphatic hydroxyl groups is 2. The molecular formula is C16H26O4S2. The van der Waals surface area contributed by atoms with Crippen LogP contribution in [0.2, 0.25) is 0 Å². The second-order valence-electron chi connectivity index (χ2n) is 5.52. The Kier molecular flexibility index (Phi) is 9.09. The zero-order valence-electron chi connectivity index (χ0n) is 13.1. The third kappa shape index (κ3) is 7.13. The molecular weight excluding hydrogens is 320 g/mol. The third-order valence-electron chi connectivity index (χ3n) is 3.57. The largest absolute Gasteiger partial charge is 0.396 e. The number of aliphatic hydroxyl groups excluding tert-OH is 2. The van der Waals surface area contributed by atoms with E-state index in [1.54, 1.807) is 12.1 Å². The van der Waals surface area contributed by atoms with E-state index >= 15 is 0 Å². The number of hydrogen-bond acceptors (Lipinski definition) is 5. The molecule has 1 rings (SSSR count). The summed E-state index contributed by atoms with van der Waals surface area (Å²) in [6.45, 7) is 1.99. The monoisotopic (exact) mass is 346 g/mol. The lowest BCUT2D eigenvalue weighted by Gasteiger charge is -2.09. The minimum Gasteiger partial charge on any atom is -0.396 e. The highest BCUT2D eigenvalue weighted by Crippen LogP contribution is 2.25. The van der Waals surface area contributed by atoms with E-state index < -0.39 is 8.87 Å². The van der Waals surface area contributed by atoms with Crippen molar-refractivity contribution >= 4 is 19.7 Å². The molecule has 0 aromatic heterocycles. The van der Waals surface area contributed by atoms with E-state index in [0.717, 1.165) is 48.5 Å². The van der Waals surface area contributed by atoms with Crippen LogP contribution in [0.4, 0.5) is 0 Å². The lowest BCUT2D eigenvalue weighted by atomic mass is 10.0. The lowest BCUT2D eigenvalue weighted by molar-refractivity contribution is 0.141. The second-order valence-corrected chi connectivity index (χ2v) is 9.57. The van der Waals surface area contributed by atoms with Gasteiger partial charge in [-0.3, -0.25) is 0 Å². The number of benzene rings is 1. The van der Waals surface area contributed by atoms with Gasteiger partial charge in [0.15, 0.2) is 0 Å². The van der Waals surface area contributed by atoms with Gasteiger partial charge in [-0.25, -0.2) is 8.42 Å². The fourth-order valence-corrected chi connectivity index (χ4v) is 4.97. The molecule has 0 saturated carbocycles. The zero-order chi connectivity index (χ0) is 16.4. The molecule has 0 aliphatic rings. The van der Waals surface area contributed by atoms with Crippen LogP contribution in [0, 0.1) is 12.8 Å². The molecule has 0 aliphatic carbocycles. The Balaban J connectivity index is 2.20. The summed E-state index contributed by atoms with van der Waals surface area (Å²) < 4.78 is 24.2. The van der Waals surface area contributed by atoms with E-state index in [9.17, 15) is 8.42 Å². The van der Waals surface area contributed by atoms with Gasteiger partial charge in [0.25, 0.3) is 0 Å². The normalized spacial score (nSPS) is 12.0. The van der Waals surface area contributed by atoms with Crippen molar-refractivity contribution in [1.82, 2.24) is 0 Å². The van der Waals surface area contributed by atoms with Gasteiger partial charge in [0.2, 0.25) is 8.87 Å². The molecule has 22 heavy (non-hydrogen) atoms. The Morgan fingerprint density at radius 3 is 2.18 bits per heavy atom. The molecule has 126 valence electrons. The molecule has 0 amide bonds. The van der Waals surface area contributed by atoms with Gasteiger partial charge < -0.3 is 10.2 Å². The standard InChI is InChI=1S/C16H26O4S2/c1-14-7-9-16(10-8-14)22(19,20)21-11-5-3-2-4-6-15(12-17)13-18/h7-10,15,17-18H,2-6,11-13H2,1H3. The van der Waals surface area contributed by atoms with Crippen LogP contribution >= 0.6 is 10.8 Å². The Labute approximate surface area is 137 Å². The quantitative estimate of drug-likeness (QED) is 0.476. The smallest absolute Gasteiger partial charge is 0.229 e. The van der Waals surface area contributed by atoms with Crippen molar-refractivity contribution in [2.24, 2.45) is 5.92 Å². The highest BCUT2D eigenvalue weighted by Gasteiger charge is 2.14. The number of rotatable bonds is 11. The van der Waals surface area contributed by atoms with Crippen molar-refractivity contribution in [2.75, 3.05) is 19.0 Å². The second kappa shape index (κ2) is 10.3. The minimum atomic E-state index is -3.24. The summed E-state index contributed by atoms with van der Waals surface area (Å²) >= 11 is 0. The fourth-order valence-electron chi connectivity index (χ4n) is 2.07. The molecule has 0 fully saturated rings. The summed E-state index contributed by atoms with van der Waals surface area (Å²) in [5, 5.41) is 17.9. The molecule has 2 N–H and O–H groups in total. The molecule has 1 aromatic carbocycles. The van der Waals surface area contributed by atoms with E-state index in [1.807, 2.05) is 19.1 Å². The summed E-state index contributed by atoms with van der Waals surface area (Å²) in [6, 6.07) is 6.93. The average molecular weight is 347 g/mol. The molecule has 0 radical (unpaired) electrons. The Bertz CT molecular complexity index is 507. The maximum absolute atomic E-state index is 12.1. The van der Waals surface area contributed by atoms with Crippen LogP contribution in [0.3, 0.4) is 0 Å². The molecule has 1 aromatic rings. The molecule has 0 heterocycles. The minimum absolute atomic E-state index is 0.0173. The maximum Gasteiger partial charge on any atom is 0.229 e. The van der Waals surface area contributed by atoms with E-state index in [0.29, 0.717) is 10.6 Å². The summed E-state index contributed by atoms with van der Waals surface area (Å²) in [5.74, 6) is 0.580. The fraction of sp³-hybridized carbons (Fsp3) is 0.625. The van der Waals surface area contributed by atoms with E-state index in [-0.39, 0.29) is 19.1 Å². The summed E-state index contributed by atoms with van der Waals surface area (Å²) in [6.07, 6.45) is 4.61. The van der Waals surface area contributed by atoms with Gasteiger partial charge in [0.1, 0.15) is 0 Å². The van der Waals surface area contributed by atoms with Gasteiger partial charge >= 0.3 is 0 Å². The van der Waals surface area contributed by atoms with Crippen LogP contribution in [-0.2, 0) is 8.87 Å². The first-order valence-electron chi connectivity index (χ1n) is 7.67. The molecule has 0 aliphatic heterocycles. The van der Waals surface area contributed by atoms with E-state index in [4.69, 9.17) is 10.2 Å². The van der Waals surface area contributed by atoms with Crippen molar-refractivity contribution in [3.05, 3.63) is 29.8 Å². The molecule has 0 unspecified atom stereocenters. The van der Waals surface area contributed by atoms with Crippen LogP contribution in [-0.4, -0.2) is 37.6 Å². The molecule has 4 nitrogen and oxygen atoms in total. The highest BCUT2D eigenvalue weighted by atomic mass is 33.1. The van der Waals surface area contributed by atoms with Gasteiger partial charge in [-0.05, 0) is 42.7 Å². The van der Waals surface area contributed by atoms with Crippen molar-refractivity contribution < 1.29 is 18.6 Å². The zero-order valence-corrected chi connectivity index (χ0v) is 14.7. The van der Waals surface area contributed by atoms with Crippen molar-refractivity contribution in [3.63, 3.8) is 0 Å². The van der Waals surface area contributed by atoms with Gasteiger partial charge in [-0.15, -0.1) is 0 Å². The number of hydrogen-bond donors (Lipinski definition) is 2. The Morgan fingerprint density at radius 1 is 1.00 bits per heavy atom. The van der Waals surface area contributed by atoms with Crippen molar-refractivity contribution in [3.8, 4) is 0 Å².